The van der Waals surface area contributed by atoms with Crippen molar-refractivity contribution in [2.75, 3.05) is 6.61 Å². The maximum Gasteiger partial charge on any atom is 0.411 e. The lowest BCUT2D eigenvalue weighted by Gasteiger charge is -2.16. The number of carbonyl (C=O) groups is 1. The Hall–Kier alpha value is -1.42. The molecule has 1 saturated heterocycles. The van der Waals surface area contributed by atoms with Crippen molar-refractivity contribution in [3.05, 3.63) is 42.1 Å². The number of amides is 1. The predicted molar refractivity (Wildman–Crippen MR) is 87.4 cm³/mol. The van der Waals surface area contributed by atoms with Crippen molar-refractivity contribution >= 4 is 17.9 Å². The monoisotopic (exact) mass is 305 g/mol. The lowest BCUT2D eigenvalue weighted by atomic mass is 10.1. The van der Waals surface area contributed by atoms with Crippen LogP contribution >= 0.6 is 11.8 Å². The SMILES string of the molecule is CCCCC/C=C1/NC(=O)OCCC1Sc1ccccc1. The topological polar surface area (TPSA) is 38.3 Å². The predicted octanol–water partition coefficient (Wildman–Crippen LogP) is 4.74. The number of hydrogen-bond acceptors (Lipinski definition) is 3. The second kappa shape index (κ2) is 8.78. The maximum absolute atomic E-state index is 11.6. The van der Waals surface area contributed by atoms with Gasteiger partial charge in [0.2, 0.25) is 0 Å². The Kier molecular flexibility index (Phi) is 6.67. The van der Waals surface area contributed by atoms with Crippen LogP contribution in [0.25, 0.3) is 0 Å². The van der Waals surface area contributed by atoms with Crippen LogP contribution in [0.1, 0.15) is 39.0 Å². The summed E-state index contributed by atoms with van der Waals surface area (Å²) >= 11 is 1.79. The molecule has 1 aromatic carbocycles. The molecule has 1 aliphatic heterocycles. The van der Waals surface area contributed by atoms with Gasteiger partial charge in [-0.05, 0) is 31.4 Å². The van der Waals surface area contributed by atoms with Gasteiger partial charge in [0.1, 0.15) is 0 Å². The minimum absolute atomic E-state index is 0.250. The summed E-state index contributed by atoms with van der Waals surface area (Å²) in [6.45, 7) is 2.67. The zero-order chi connectivity index (χ0) is 14.9. The minimum atomic E-state index is -0.326. The first-order chi connectivity index (χ1) is 10.3. The van der Waals surface area contributed by atoms with E-state index >= 15 is 0 Å². The Labute approximate surface area is 131 Å². The number of carbonyl (C=O) groups excluding carboxylic acids is 1. The van der Waals surface area contributed by atoms with Gasteiger partial charge in [0.05, 0.1) is 11.9 Å². The van der Waals surface area contributed by atoms with Crippen LogP contribution < -0.4 is 5.32 Å². The summed E-state index contributed by atoms with van der Waals surface area (Å²) in [5, 5.41) is 3.16. The molecule has 1 heterocycles. The Bertz CT molecular complexity index is 473. The molecule has 1 atom stereocenters. The molecule has 0 saturated carbocycles. The summed E-state index contributed by atoms with van der Waals surface area (Å²) in [6, 6.07) is 10.3. The van der Waals surface area contributed by atoms with Gasteiger partial charge in [-0.15, -0.1) is 11.8 Å². The van der Waals surface area contributed by atoms with Gasteiger partial charge < -0.3 is 4.74 Å². The molecular formula is C17H23NO2S. The molecule has 0 aliphatic carbocycles. The first-order valence-corrected chi connectivity index (χ1v) is 8.53. The highest BCUT2D eigenvalue weighted by molar-refractivity contribution is 8.00. The Morgan fingerprint density at radius 2 is 2.14 bits per heavy atom. The standard InChI is InChI=1S/C17H23NO2S/c1-2-3-4-8-11-15-16(12-13-20-17(19)18-15)21-14-9-6-5-7-10-14/h5-7,9-11,16H,2-4,8,12-13H2,1H3,(H,18,19)/b15-11+. The van der Waals surface area contributed by atoms with Gasteiger partial charge in [-0.1, -0.05) is 44.0 Å². The van der Waals surface area contributed by atoms with E-state index in [0.29, 0.717) is 6.61 Å². The summed E-state index contributed by atoms with van der Waals surface area (Å²) in [5.41, 5.74) is 1.00. The third-order valence-electron chi connectivity index (χ3n) is 3.40. The van der Waals surface area contributed by atoms with Crippen molar-refractivity contribution < 1.29 is 9.53 Å². The summed E-state index contributed by atoms with van der Waals surface area (Å²) in [4.78, 5) is 12.8. The third kappa shape index (κ3) is 5.46. The quantitative estimate of drug-likeness (QED) is 0.771. The number of ether oxygens (including phenoxy) is 1. The number of thioether (sulfide) groups is 1. The zero-order valence-electron chi connectivity index (χ0n) is 12.5. The average Bonchev–Trinajstić information content (AvgIpc) is 2.67. The largest absolute Gasteiger partial charge is 0.449 e. The van der Waals surface area contributed by atoms with Gasteiger partial charge in [0.25, 0.3) is 0 Å². The molecular weight excluding hydrogens is 282 g/mol. The first-order valence-electron chi connectivity index (χ1n) is 7.65. The Morgan fingerprint density at radius 1 is 1.33 bits per heavy atom. The van der Waals surface area contributed by atoms with E-state index in [-0.39, 0.29) is 11.3 Å². The molecule has 0 radical (unpaired) electrons. The Morgan fingerprint density at radius 3 is 2.90 bits per heavy atom. The second-order valence-electron chi connectivity index (χ2n) is 5.12. The van der Waals surface area contributed by atoms with Crippen LogP contribution in [-0.4, -0.2) is 18.0 Å². The molecule has 1 N–H and O–H groups in total. The molecule has 1 fully saturated rings. The van der Waals surface area contributed by atoms with Crippen molar-refractivity contribution in [3.63, 3.8) is 0 Å². The normalized spacial score (nSPS) is 20.7. The van der Waals surface area contributed by atoms with E-state index in [1.807, 2.05) is 18.2 Å². The lowest BCUT2D eigenvalue weighted by molar-refractivity contribution is 0.154. The molecule has 4 heteroatoms. The number of hydrogen-bond donors (Lipinski definition) is 1. The van der Waals surface area contributed by atoms with Gasteiger partial charge in [-0.2, -0.15) is 0 Å². The third-order valence-corrected chi connectivity index (χ3v) is 4.72. The molecule has 1 amide bonds. The van der Waals surface area contributed by atoms with E-state index in [9.17, 15) is 4.79 Å². The van der Waals surface area contributed by atoms with E-state index < -0.39 is 0 Å². The highest BCUT2D eigenvalue weighted by Crippen LogP contribution is 2.30. The van der Waals surface area contributed by atoms with Crippen LogP contribution in [0.2, 0.25) is 0 Å². The number of allylic oxidation sites excluding steroid dienone is 1. The first kappa shape index (κ1) is 16.0. The van der Waals surface area contributed by atoms with Crippen LogP contribution in [0.3, 0.4) is 0 Å². The summed E-state index contributed by atoms with van der Waals surface area (Å²) in [6.07, 6.45) is 7.30. The van der Waals surface area contributed by atoms with E-state index in [0.717, 1.165) is 18.5 Å². The number of cyclic esters (lactones) is 1. The molecule has 0 aromatic heterocycles. The van der Waals surface area contributed by atoms with Crippen molar-refractivity contribution in [2.24, 2.45) is 0 Å². The highest BCUT2D eigenvalue weighted by Gasteiger charge is 2.22. The van der Waals surface area contributed by atoms with Crippen LogP contribution in [0.4, 0.5) is 4.79 Å². The molecule has 1 aromatic rings. The van der Waals surface area contributed by atoms with Gasteiger partial charge in [0, 0.05) is 10.6 Å². The average molecular weight is 305 g/mol. The molecule has 2 rings (SSSR count). The Balaban J connectivity index is 2.04. The second-order valence-corrected chi connectivity index (χ2v) is 6.40. The smallest absolute Gasteiger partial charge is 0.411 e. The molecule has 3 nitrogen and oxygen atoms in total. The molecule has 114 valence electrons. The fraction of sp³-hybridized carbons (Fsp3) is 0.471. The fourth-order valence-electron chi connectivity index (χ4n) is 2.27. The zero-order valence-corrected chi connectivity index (χ0v) is 13.3. The molecule has 1 unspecified atom stereocenters. The van der Waals surface area contributed by atoms with Gasteiger partial charge in [0.15, 0.2) is 0 Å². The lowest BCUT2D eigenvalue weighted by Crippen LogP contribution is -2.24. The van der Waals surface area contributed by atoms with E-state index in [2.05, 4.69) is 30.4 Å². The molecule has 0 bridgehead atoms. The summed E-state index contributed by atoms with van der Waals surface area (Å²) < 4.78 is 5.12. The van der Waals surface area contributed by atoms with E-state index in [1.54, 1.807) is 11.8 Å². The van der Waals surface area contributed by atoms with Crippen LogP contribution in [0, 0.1) is 0 Å². The van der Waals surface area contributed by atoms with Crippen LogP contribution in [0.5, 0.6) is 0 Å². The minimum Gasteiger partial charge on any atom is -0.449 e. The van der Waals surface area contributed by atoms with Crippen molar-refractivity contribution in [1.29, 1.82) is 0 Å². The van der Waals surface area contributed by atoms with Crippen LogP contribution in [-0.2, 0) is 4.74 Å². The highest BCUT2D eigenvalue weighted by atomic mass is 32.2. The molecule has 1 aliphatic rings. The van der Waals surface area contributed by atoms with E-state index in [4.69, 9.17) is 4.74 Å². The van der Waals surface area contributed by atoms with Crippen molar-refractivity contribution in [1.82, 2.24) is 5.32 Å². The number of benzene rings is 1. The van der Waals surface area contributed by atoms with Crippen molar-refractivity contribution in [3.8, 4) is 0 Å². The molecule has 21 heavy (non-hydrogen) atoms. The number of unbranched alkanes of at least 4 members (excludes halogenated alkanes) is 3. The van der Waals surface area contributed by atoms with Gasteiger partial charge in [-0.25, -0.2) is 4.79 Å². The van der Waals surface area contributed by atoms with Crippen LogP contribution in [0.15, 0.2) is 47.0 Å². The number of nitrogens with one attached hydrogen (secondary N) is 1. The fourth-order valence-corrected chi connectivity index (χ4v) is 3.41. The van der Waals surface area contributed by atoms with Gasteiger partial charge in [-0.3, -0.25) is 5.32 Å². The van der Waals surface area contributed by atoms with Gasteiger partial charge >= 0.3 is 6.09 Å². The maximum atomic E-state index is 11.6. The number of rotatable bonds is 6. The van der Waals surface area contributed by atoms with Crippen molar-refractivity contribution in [2.45, 2.75) is 49.2 Å². The summed E-state index contributed by atoms with van der Waals surface area (Å²) in [7, 11) is 0. The van der Waals surface area contributed by atoms with E-state index in [1.165, 1.54) is 24.2 Å². The summed E-state index contributed by atoms with van der Waals surface area (Å²) in [5.74, 6) is 0. The molecule has 0 spiro atoms. The number of alkyl carbamates (subject to hydrolysis) is 1.